The van der Waals surface area contributed by atoms with Crippen molar-refractivity contribution in [2.75, 3.05) is 6.54 Å². The second kappa shape index (κ2) is 18.6. The zero-order chi connectivity index (χ0) is 21.1. The summed E-state index contributed by atoms with van der Waals surface area (Å²) in [5.41, 5.74) is -1.10. The molecule has 0 heterocycles. The number of hydrogen-bond donors (Lipinski definition) is 3. The van der Waals surface area contributed by atoms with Crippen LogP contribution in [0.2, 0.25) is 0 Å². The average molecular weight is 401 g/mol. The van der Waals surface area contributed by atoms with Crippen molar-refractivity contribution in [2.24, 2.45) is 0 Å². The molecule has 5 nitrogen and oxygen atoms in total. The van der Waals surface area contributed by atoms with Crippen LogP contribution in [0.4, 0.5) is 0 Å². The van der Waals surface area contributed by atoms with E-state index >= 15 is 0 Å². The van der Waals surface area contributed by atoms with Gasteiger partial charge in [-0.05, 0) is 50.2 Å². The zero-order valence-corrected chi connectivity index (χ0v) is 18.9. The fraction of sp³-hybridized carbons (Fsp3) is 0.913. The molecule has 0 saturated heterocycles. The highest BCUT2D eigenvalue weighted by Crippen LogP contribution is 2.25. The van der Waals surface area contributed by atoms with E-state index in [1.807, 2.05) is 13.8 Å². The minimum atomic E-state index is -1.10. The Hall–Kier alpha value is -0.460. The number of nitrogens with zero attached hydrogens (tertiary/aromatic N) is 2. The molecule has 5 heteroatoms. The van der Waals surface area contributed by atoms with Gasteiger partial charge in [0.15, 0.2) is 0 Å². The van der Waals surface area contributed by atoms with Crippen LogP contribution in [0.5, 0.6) is 0 Å². The summed E-state index contributed by atoms with van der Waals surface area (Å²) in [5, 5.41) is 30.4. The van der Waals surface area contributed by atoms with Crippen molar-refractivity contribution in [3.63, 3.8) is 0 Å². The van der Waals surface area contributed by atoms with Gasteiger partial charge in [0, 0.05) is 6.54 Å². The monoisotopic (exact) mass is 400 g/mol. The summed E-state index contributed by atoms with van der Waals surface area (Å²) < 4.78 is 0. The molecule has 168 valence electrons. The van der Waals surface area contributed by atoms with Crippen LogP contribution >= 0.6 is 0 Å². The summed E-state index contributed by atoms with van der Waals surface area (Å²) in [7, 11) is 0. The van der Waals surface area contributed by atoms with Crippen LogP contribution in [0.3, 0.4) is 0 Å². The maximum atomic E-state index is 10.2. The van der Waals surface area contributed by atoms with E-state index in [2.05, 4.69) is 19.1 Å². The van der Waals surface area contributed by atoms with Crippen molar-refractivity contribution >= 4 is 0 Å². The van der Waals surface area contributed by atoms with Gasteiger partial charge in [-0.1, -0.05) is 90.7 Å². The van der Waals surface area contributed by atoms with Crippen LogP contribution in [-0.4, -0.2) is 38.1 Å². The van der Waals surface area contributed by atoms with E-state index in [4.69, 9.17) is 0 Å². The van der Waals surface area contributed by atoms with Gasteiger partial charge in [-0.3, -0.25) is 10.4 Å². The van der Waals surface area contributed by atoms with Crippen molar-refractivity contribution in [1.82, 2.24) is 10.3 Å². The Morgan fingerprint density at radius 3 is 1.46 bits per heavy atom. The molecule has 0 spiro atoms. The van der Waals surface area contributed by atoms with E-state index in [1.54, 1.807) is 0 Å². The lowest BCUT2D eigenvalue weighted by Crippen LogP contribution is -2.56. The van der Waals surface area contributed by atoms with Gasteiger partial charge < -0.3 is 5.21 Å². The largest absolute Gasteiger partial charge is 0.312 e. The molecule has 0 bridgehead atoms. The molecule has 0 rings (SSSR count). The molecule has 0 saturated carbocycles. The Kier molecular flexibility index (Phi) is 18.3. The van der Waals surface area contributed by atoms with E-state index in [0.29, 0.717) is 19.4 Å². The third-order valence-corrected chi connectivity index (χ3v) is 5.87. The molecule has 0 amide bonds. The average Bonchev–Trinajstić information content (AvgIpc) is 2.68. The summed E-state index contributed by atoms with van der Waals surface area (Å²) in [6.07, 6.45) is 23.1. The Bertz CT molecular complexity index is 358. The Morgan fingerprint density at radius 1 is 0.607 bits per heavy atom. The minimum absolute atomic E-state index is 0.160. The third-order valence-electron chi connectivity index (χ3n) is 5.87. The molecule has 3 N–H and O–H groups in total. The number of hydrogen-bond acceptors (Lipinski definition) is 5. The Balaban J connectivity index is 3.54. The first-order valence-electron chi connectivity index (χ1n) is 11.8. The van der Waals surface area contributed by atoms with Crippen molar-refractivity contribution < 1.29 is 15.6 Å². The van der Waals surface area contributed by atoms with Gasteiger partial charge >= 0.3 is 0 Å². The third kappa shape index (κ3) is 12.2. The van der Waals surface area contributed by atoms with Crippen molar-refractivity contribution in [3.05, 3.63) is 12.2 Å². The number of allylic oxidation sites excluding steroid dienone is 2. The first-order chi connectivity index (χ1) is 13.5. The van der Waals surface area contributed by atoms with Gasteiger partial charge in [0.2, 0.25) is 0 Å². The Morgan fingerprint density at radius 2 is 1.04 bits per heavy atom. The van der Waals surface area contributed by atoms with Gasteiger partial charge in [-0.25, -0.2) is 0 Å². The van der Waals surface area contributed by atoms with Gasteiger partial charge in [0.25, 0.3) is 0 Å². The smallest absolute Gasteiger partial charge is 0.147 e. The minimum Gasteiger partial charge on any atom is -0.312 e. The lowest BCUT2D eigenvalue weighted by molar-refractivity contribution is -0.428. The summed E-state index contributed by atoms with van der Waals surface area (Å²) in [6.45, 7) is 6.40. The molecule has 0 atom stereocenters. The molecule has 0 aliphatic carbocycles. The van der Waals surface area contributed by atoms with E-state index < -0.39 is 5.66 Å². The molecule has 0 fully saturated rings. The van der Waals surface area contributed by atoms with Gasteiger partial charge in [-0.2, -0.15) is 5.06 Å². The molecular weight excluding hydrogens is 352 g/mol. The molecule has 28 heavy (non-hydrogen) atoms. The number of rotatable bonds is 20. The second-order valence-corrected chi connectivity index (χ2v) is 8.04. The number of hydroxylamine groups is 4. The van der Waals surface area contributed by atoms with E-state index in [1.165, 1.54) is 77.0 Å². The molecule has 0 aliphatic rings. The fourth-order valence-electron chi connectivity index (χ4n) is 3.72. The fourth-order valence-corrected chi connectivity index (χ4v) is 3.72. The Labute approximate surface area is 174 Å². The summed E-state index contributed by atoms with van der Waals surface area (Å²) >= 11 is 0. The number of unbranched alkanes of at least 4 members (excludes halogenated alkanes) is 12. The second-order valence-electron chi connectivity index (χ2n) is 8.04. The van der Waals surface area contributed by atoms with Crippen molar-refractivity contribution in [3.8, 4) is 0 Å². The predicted molar refractivity (Wildman–Crippen MR) is 117 cm³/mol. The first kappa shape index (κ1) is 27.5. The standard InChI is InChI=1S/C23H48N2O3/c1-4-7-8-9-10-11-12-13-14-15-16-17-18-19-20-21-22-24(26)23(5-2,6-3)25(27)28/h13-14,26-28H,4-12,15-22H2,1-3H3/b14-13-. The zero-order valence-electron chi connectivity index (χ0n) is 18.9. The highest BCUT2D eigenvalue weighted by atomic mass is 16.8. The highest BCUT2D eigenvalue weighted by molar-refractivity contribution is 4.81. The van der Waals surface area contributed by atoms with Gasteiger partial charge in [0.1, 0.15) is 5.66 Å². The van der Waals surface area contributed by atoms with Crippen LogP contribution in [0, 0.1) is 0 Å². The molecule has 0 aromatic heterocycles. The topological polar surface area (TPSA) is 67.2 Å². The molecular formula is C23H48N2O3. The maximum Gasteiger partial charge on any atom is 0.147 e. The summed E-state index contributed by atoms with van der Waals surface area (Å²) in [5.74, 6) is 0. The SMILES string of the molecule is CCCCCCCC/C=C\CCCCCCCCN(O)C(CC)(CC)N(O)O. The van der Waals surface area contributed by atoms with Crippen molar-refractivity contribution in [2.45, 2.75) is 129 Å². The molecule has 0 aliphatic heterocycles. The summed E-state index contributed by atoms with van der Waals surface area (Å²) in [6, 6.07) is 0. The predicted octanol–water partition coefficient (Wildman–Crippen LogP) is 7.31. The molecule has 0 aromatic rings. The van der Waals surface area contributed by atoms with E-state index in [9.17, 15) is 15.6 Å². The van der Waals surface area contributed by atoms with E-state index in [-0.39, 0.29) is 5.23 Å². The van der Waals surface area contributed by atoms with Crippen LogP contribution in [0.1, 0.15) is 124 Å². The van der Waals surface area contributed by atoms with Crippen LogP contribution in [-0.2, 0) is 0 Å². The van der Waals surface area contributed by atoms with E-state index in [0.717, 1.165) is 17.9 Å². The normalized spacial score (nSPS) is 12.7. The van der Waals surface area contributed by atoms with Crippen LogP contribution < -0.4 is 0 Å². The van der Waals surface area contributed by atoms with Crippen molar-refractivity contribution in [1.29, 1.82) is 0 Å². The quantitative estimate of drug-likeness (QED) is 0.0865. The highest BCUT2D eigenvalue weighted by Gasteiger charge is 2.38. The lowest BCUT2D eigenvalue weighted by atomic mass is 10.0. The molecule has 0 radical (unpaired) electrons. The summed E-state index contributed by atoms with van der Waals surface area (Å²) in [4.78, 5) is 0. The van der Waals surface area contributed by atoms with Gasteiger partial charge in [0.05, 0.1) is 0 Å². The first-order valence-corrected chi connectivity index (χ1v) is 11.8. The maximum absolute atomic E-state index is 10.2. The van der Waals surface area contributed by atoms with Gasteiger partial charge in [-0.15, -0.1) is 0 Å². The molecule has 0 aromatic carbocycles. The van der Waals surface area contributed by atoms with Crippen LogP contribution in [0.25, 0.3) is 0 Å². The lowest BCUT2D eigenvalue weighted by Gasteiger charge is -2.40. The molecule has 0 unspecified atom stereocenters. The van der Waals surface area contributed by atoms with Crippen LogP contribution in [0.15, 0.2) is 12.2 Å².